The van der Waals surface area contributed by atoms with Gasteiger partial charge < -0.3 is 25.3 Å². The number of nitrogens with two attached hydrogens (primary N) is 1. The lowest BCUT2D eigenvalue weighted by atomic mass is 10.2. The van der Waals surface area contributed by atoms with E-state index in [1.54, 1.807) is 14.2 Å². The highest BCUT2D eigenvalue weighted by atomic mass is 16.5. The molecule has 0 aliphatic carbocycles. The molecule has 6 nitrogen and oxygen atoms in total. The van der Waals surface area contributed by atoms with E-state index in [1.807, 2.05) is 19.1 Å². The van der Waals surface area contributed by atoms with E-state index in [1.165, 1.54) is 19.3 Å². The highest BCUT2D eigenvalue weighted by molar-refractivity contribution is 5.77. The second-order valence-electron chi connectivity index (χ2n) is 5.45. The Morgan fingerprint density at radius 3 is 2.29 bits per heavy atom. The Balaban J connectivity index is 2.68. The van der Waals surface area contributed by atoms with Crippen molar-refractivity contribution >= 4 is 5.96 Å². The Bertz CT molecular complexity index is 493. The number of aliphatic imine (C=N–C) groups is 1. The molecule has 6 heteroatoms. The molecule has 0 amide bonds. The summed E-state index contributed by atoms with van der Waals surface area (Å²) in [4.78, 5) is 4.37. The monoisotopic (exact) mass is 337 g/mol. The molecular formula is C18H31N3O3. The van der Waals surface area contributed by atoms with E-state index in [2.05, 4.69) is 17.2 Å². The highest BCUT2D eigenvalue weighted by Crippen LogP contribution is 2.38. The van der Waals surface area contributed by atoms with Crippen LogP contribution in [0.25, 0.3) is 0 Å². The van der Waals surface area contributed by atoms with Crippen LogP contribution in [-0.4, -0.2) is 33.3 Å². The van der Waals surface area contributed by atoms with Crippen molar-refractivity contribution in [2.75, 3.05) is 27.4 Å². The Morgan fingerprint density at radius 1 is 1.08 bits per heavy atom. The summed E-state index contributed by atoms with van der Waals surface area (Å²) < 4.78 is 16.4. The van der Waals surface area contributed by atoms with Crippen LogP contribution in [0, 0.1) is 0 Å². The number of ether oxygens (including phenoxy) is 3. The van der Waals surface area contributed by atoms with Gasteiger partial charge in [-0.25, -0.2) is 4.99 Å². The maximum Gasteiger partial charge on any atom is 0.203 e. The Kier molecular flexibility index (Phi) is 9.49. The maximum absolute atomic E-state index is 5.91. The lowest BCUT2D eigenvalue weighted by molar-refractivity contribution is 0.288. The molecule has 0 heterocycles. The first-order chi connectivity index (χ1) is 11.7. The second kappa shape index (κ2) is 11.4. The number of nitrogens with one attached hydrogen (secondary N) is 1. The fraction of sp³-hybridized carbons (Fsp3) is 0.611. The largest absolute Gasteiger partial charge is 0.493 e. The van der Waals surface area contributed by atoms with E-state index >= 15 is 0 Å². The summed E-state index contributed by atoms with van der Waals surface area (Å²) in [5, 5.41) is 3.14. The zero-order chi connectivity index (χ0) is 17.8. The molecule has 0 aliphatic rings. The summed E-state index contributed by atoms with van der Waals surface area (Å²) in [6.07, 6.45) is 4.80. The summed E-state index contributed by atoms with van der Waals surface area (Å²) >= 11 is 0. The topological polar surface area (TPSA) is 78.1 Å². The predicted molar refractivity (Wildman–Crippen MR) is 98.2 cm³/mol. The van der Waals surface area contributed by atoms with Gasteiger partial charge in [-0.1, -0.05) is 26.2 Å². The van der Waals surface area contributed by atoms with Gasteiger partial charge in [0.05, 0.1) is 27.4 Å². The van der Waals surface area contributed by atoms with E-state index in [9.17, 15) is 0 Å². The lowest BCUT2D eigenvalue weighted by Crippen LogP contribution is -2.32. The molecule has 0 unspecified atom stereocenters. The minimum atomic E-state index is 0.451. The van der Waals surface area contributed by atoms with Crippen molar-refractivity contribution in [3.05, 3.63) is 17.7 Å². The van der Waals surface area contributed by atoms with Gasteiger partial charge in [0.25, 0.3) is 0 Å². The van der Waals surface area contributed by atoms with Gasteiger partial charge in [0.15, 0.2) is 17.5 Å². The van der Waals surface area contributed by atoms with Crippen molar-refractivity contribution in [3.63, 3.8) is 0 Å². The second-order valence-corrected chi connectivity index (χ2v) is 5.45. The van der Waals surface area contributed by atoms with Crippen LogP contribution in [0.4, 0.5) is 0 Å². The molecule has 136 valence electrons. The summed E-state index contributed by atoms with van der Waals surface area (Å²) in [5.41, 5.74) is 6.85. The average Bonchev–Trinajstić information content (AvgIpc) is 2.60. The molecular weight excluding hydrogens is 306 g/mol. The number of benzene rings is 1. The van der Waals surface area contributed by atoms with Gasteiger partial charge in [0, 0.05) is 6.54 Å². The first-order valence-corrected chi connectivity index (χ1v) is 8.57. The standard InChI is InChI=1S/C18H31N3O3/c1-5-7-8-9-10-20-18(19)21-13-14-11-15(22-3)17(24-6-2)16(12-14)23-4/h11-12H,5-10,13H2,1-4H3,(H3,19,20,21). The summed E-state index contributed by atoms with van der Waals surface area (Å²) in [6.45, 7) is 5.96. The van der Waals surface area contributed by atoms with E-state index in [0.717, 1.165) is 18.5 Å². The molecule has 0 fully saturated rings. The molecule has 1 aromatic carbocycles. The number of nitrogens with zero attached hydrogens (tertiary/aromatic N) is 1. The minimum absolute atomic E-state index is 0.451. The number of hydrogen-bond donors (Lipinski definition) is 2. The lowest BCUT2D eigenvalue weighted by Gasteiger charge is -2.15. The van der Waals surface area contributed by atoms with Gasteiger partial charge in [-0.3, -0.25) is 0 Å². The Hall–Kier alpha value is -2.11. The van der Waals surface area contributed by atoms with Gasteiger partial charge in [0.2, 0.25) is 5.75 Å². The van der Waals surface area contributed by atoms with Crippen molar-refractivity contribution < 1.29 is 14.2 Å². The number of hydrogen-bond acceptors (Lipinski definition) is 4. The first kappa shape index (κ1) is 19.9. The smallest absolute Gasteiger partial charge is 0.203 e. The van der Waals surface area contributed by atoms with Gasteiger partial charge in [0.1, 0.15) is 0 Å². The van der Waals surface area contributed by atoms with E-state index in [4.69, 9.17) is 19.9 Å². The van der Waals surface area contributed by atoms with Crippen molar-refractivity contribution in [2.45, 2.75) is 46.1 Å². The van der Waals surface area contributed by atoms with Crippen molar-refractivity contribution in [3.8, 4) is 17.2 Å². The van der Waals surface area contributed by atoms with Crippen molar-refractivity contribution in [2.24, 2.45) is 10.7 Å². The van der Waals surface area contributed by atoms with Crippen LogP contribution >= 0.6 is 0 Å². The van der Waals surface area contributed by atoms with Crippen molar-refractivity contribution in [1.82, 2.24) is 5.32 Å². The third-order valence-electron chi connectivity index (χ3n) is 3.58. The van der Waals surface area contributed by atoms with Gasteiger partial charge >= 0.3 is 0 Å². The molecule has 0 aliphatic heterocycles. The summed E-state index contributed by atoms with van der Waals surface area (Å²) in [6, 6.07) is 3.79. The van der Waals surface area contributed by atoms with E-state index < -0.39 is 0 Å². The number of rotatable bonds is 11. The molecule has 0 saturated heterocycles. The van der Waals surface area contributed by atoms with Crippen LogP contribution in [0.1, 0.15) is 45.1 Å². The van der Waals surface area contributed by atoms with Gasteiger partial charge in [-0.15, -0.1) is 0 Å². The maximum atomic E-state index is 5.91. The SMILES string of the molecule is CCCCCCNC(N)=NCc1cc(OC)c(OCC)c(OC)c1. The van der Waals surface area contributed by atoms with Crippen LogP contribution in [0.15, 0.2) is 17.1 Å². The summed E-state index contributed by atoms with van der Waals surface area (Å²) in [7, 11) is 3.22. The molecule has 0 atom stereocenters. The number of methoxy groups -OCH3 is 2. The Labute approximate surface area is 145 Å². The van der Waals surface area contributed by atoms with Crippen LogP contribution in [0.2, 0.25) is 0 Å². The Morgan fingerprint density at radius 2 is 1.75 bits per heavy atom. The molecule has 0 saturated carbocycles. The van der Waals surface area contributed by atoms with Crippen LogP contribution in [0.3, 0.4) is 0 Å². The van der Waals surface area contributed by atoms with E-state index in [0.29, 0.717) is 36.4 Å². The number of unbranched alkanes of at least 4 members (excludes halogenated alkanes) is 3. The highest BCUT2D eigenvalue weighted by Gasteiger charge is 2.13. The first-order valence-electron chi connectivity index (χ1n) is 8.57. The van der Waals surface area contributed by atoms with Crippen LogP contribution in [0.5, 0.6) is 17.2 Å². The van der Waals surface area contributed by atoms with Crippen LogP contribution in [-0.2, 0) is 6.54 Å². The van der Waals surface area contributed by atoms with Crippen molar-refractivity contribution in [1.29, 1.82) is 0 Å². The molecule has 0 radical (unpaired) electrons. The molecule has 1 aromatic rings. The molecule has 3 N–H and O–H groups in total. The van der Waals surface area contributed by atoms with Gasteiger partial charge in [-0.2, -0.15) is 0 Å². The number of guanidine groups is 1. The molecule has 0 bridgehead atoms. The molecule has 0 aromatic heterocycles. The fourth-order valence-corrected chi connectivity index (χ4v) is 2.31. The third-order valence-corrected chi connectivity index (χ3v) is 3.58. The minimum Gasteiger partial charge on any atom is -0.493 e. The average molecular weight is 337 g/mol. The third kappa shape index (κ3) is 6.56. The fourth-order valence-electron chi connectivity index (χ4n) is 2.31. The van der Waals surface area contributed by atoms with E-state index in [-0.39, 0.29) is 0 Å². The zero-order valence-corrected chi connectivity index (χ0v) is 15.4. The molecule has 24 heavy (non-hydrogen) atoms. The molecule has 0 spiro atoms. The zero-order valence-electron chi connectivity index (χ0n) is 15.4. The normalized spacial score (nSPS) is 11.2. The summed E-state index contributed by atoms with van der Waals surface area (Å²) in [5.74, 6) is 2.33. The van der Waals surface area contributed by atoms with Gasteiger partial charge in [-0.05, 0) is 31.0 Å². The molecule has 1 rings (SSSR count). The predicted octanol–water partition coefficient (Wildman–Crippen LogP) is 3.09. The quantitative estimate of drug-likeness (QED) is 0.368. The van der Waals surface area contributed by atoms with Crippen LogP contribution < -0.4 is 25.3 Å².